The largest absolute Gasteiger partial charge is 0.389 e. The average molecular weight is 267 g/mol. The molecule has 0 atom stereocenters. The Balaban J connectivity index is 2.44. The number of nitrogens with one attached hydrogen (secondary N) is 1. The smallest absolute Gasteiger partial charge is 0.126 e. The molecule has 18 heavy (non-hydrogen) atoms. The maximum atomic E-state index is 5.61. The van der Waals surface area contributed by atoms with Crippen LogP contribution >= 0.6 is 12.2 Å². The van der Waals surface area contributed by atoms with Crippen molar-refractivity contribution in [3.8, 4) is 0 Å². The van der Waals surface area contributed by atoms with Crippen LogP contribution in [0.2, 0.25) is 0 Å². The highest BCUT2D eigenvalue weighted by atomic mass is 32.1. The van der Waals surface area contributed by atoms with Crippen LogP contribution in [-0.4, -0.2) is 29.7 Å². The summed E-state index contributed by atoms with van der Waals surface area (Å²) in [6, 6.07) is 3.74. The second kappa shape index (κ2) is 7.28. The first-order valence-corrected chi connectivity index (χ1v) is 6.50. The van der Waals surface area contributed by atoms with E-state index in [1.807, 2.05) is 19.1 Å². The Morgan fingerprint density at radius 3 is 2.83 bits per heavy atom. The van der Waals surface area contributed by atoms with Gasteiger partial charge in [-0.25, -0.2) is 4.98 Å². The molecule has 1 aromatic rings. The summed E-state index contributed by atoms with van der Waals surface area (Å²) in [5.74, 6) is 1.34. The first kappa shape index (κ1) is 14.9. The van der Waals surface area contributed by atoms with Crippen LogP contribution < -0.4 is 11.1 Å². The number of thiocarbonyl (C=S) groups is 1. The first-order chi connectivity index (χ1) is 8.49. The van der Waals surface area contributed by atoms with Crippen LogP contribution in [0.3, 0.4) is 0 Å². The van der Waals surface area contributed by atoms with Gasteiger partial charge in [0, 0.05) is 24.4 Å². The van der Waals surface area contributed by atoms with Crippen molar-refractivity contribution >= 4 is 23.0 Å². The van der Waals surface area contributed by atoms with Gasteiger partial charge >= 0.3 is 0 Å². The van der Waals surface area contributed by atoms with Gasteiger partial charge < -0.3 is 15.8 Å². The summed E-state index contributed by atoms with van der Waals surface area (Å²) in [4.78, 5) is 4.76. The van der Waals surface area contributed by atoms with Crippen molar-refractivity contribution in [2.45, 2.75) is 20.8 Å². The van der Waals surface area contributed by atoms with Gasteiger partial charge in [0.25, 0.3) is 0 Å². The van der Waals surface area contributed by atoms with Crippen molar-refractivity contribution < 1.29 is 4.74 Å². The Kier molecular flexibility index (Phi) is 6.01. The molecule has 0 aromatic carbocycles. The lowest BCUT2D eigenvalue weighted by Gasteiger charge is -2.10. The van der Waals surface area contributed by atoms with Gasteiger partial charge in [-0.05, 0) is 25.0 Å². The number of aryl methyl sites for hydroxylation is 1. The van der Waals surface area contributed by atoms with E-state index in [9.17, 15) is 0 Å². The molecule has 0 unspecified atom stereocenters. The van der Waals surface area contributed by atoms with Crippen molar-refractivity contribution in [2.24, 2.45) is 11.7 Å². The number of hydrogen-bond donors (Lipinski definition) is 2. The quantitative estimate of drug-likeness (QED) is 0.585. The third-order valence-electron chi connectivity index (χ3n) is 2.24. The highest BCUT2D eigenvalue weighted by Crippen LogP contribution is 2.09. The fourth-order valence-corrected chi connectivity index (χ4v) is 1.59. The van der Waals surface area contributed by atoms with Crippen molar-refractivity contribution in [1.29, 1.82) is 0 Å². The van der Waals surface area contributed by atoms with Crippen molar-refractivity contribution in [1.82, 2.24) is 4.98 Å². The van der Waals surface area contributed by atoms with Crippen molar-refractivity contribution in [2.75, 3.05) is 25.1 Å². The molecular weight excluding hydrogens is 246 g/mol. The van der Waals surface area contributed by atoms with Crippen LogP contribution in [-0.2, 0) is 4.74 Å². The molecule has 1 rings (SSSR count). The van der Waals surface area contributed by atoms with E-state index in [0.29, 0.717) is 17.5 Å². The number of nitrogens with zero attached hydrogens (tertiary/aromatic N) is 1. The minimum absolute atomic E-state index is 0.389. The van der Waals surface area contributed by atoms with Crippen LogP contribution in [0.25, 0.3) is 0 Å². The maximum absolute atomic E-state index is 5.61. The van der Waals surface area contributed by atoms with E-state index in [-0.39, 0.29) is 0 Å². The molecule has 0 aliphatic rings. The van der Waals surface area contributed by atoms with E-state index in [0.717, 1.165) is 30.2 Å². The summed E-state index contributed by atoms with van der Waals surface area (Å²) in [6.45, 7) is 8.34. The molecule has 0 aliphatic heterocycles. The van der Waals surface area contributed by atoms with E-state index in [2.05, 4.69) is 24.1 Å². The monoisotopic (exact) mass is 267 g/mol. The van der Waals surface area contributed by atoms with Crippen molar-refractivity contribution in [3.63, 3.8) is 0 Å². The highest BCUT2D eigenvalue weighted by Gasteiger charge is 2.02. The molecule has 0 saturated heterocycles. The van der Waals surface area contributed by atoms with E-state index in [1.165, 1.54) is 0 Å². The summed E-state index contributed by atoms with van der Waals surface area (Å²) < 4.78 is 5.48. The van der Waals surface area contributed by atoms with E-state index in [1.54, 1.807) is 0 Å². The number of hydrogen-bond acceptors (Lipinski definition) is 4. The van der Waals surface area contributed by atoms with Gasteiger partial charge in [0.05, 0.1) is 6.61 Å². The van der Waals surface area contributed by atoms with E-state index in [4.69, 9.17) is 22.7 Å². The molecule has 1 aromatic heterocycles. The Hall–Kier alpha value is -1.20. The third-order valence-corrected chi connectivity index (χ3v) is 2.48. The van der Waals surface area contributed by atoms with E-state index >= 15 is 0 Å². The molecule has 0 radical (unpaired) electrons. The molecule has 0 saturated carbocycles. The lowest BCUT2D eigenvalue weighted by atomic mass is 10.2. The zero-order valence-electron chi connectivity index (χ0n) is 11.2. The number of pyridine rings is 1. The maximum Gasteiger partial charge on any atom is 0.126 e. The lowest BCUT2D eigenvalue weighted by Crippen LogP contribution is -2.15. The number of nitrogens with two attached hydrogens (primary N) is 1. The number of ether oxygens (including phenoxy) is 1. The third kappa shape index (κ3) is 5.42. The molecular formula is C13H21N3OS. The molecule has 0 spiro atoms. The average Bonchev–Trinajstić information content (AvgIpc) is 2.27. The predicted molar refractivity (Wildman–Crippen MR) is 79.0 cm³/mol. The van der Waals surface area contributed by atoms with Gasteiger partial charge in [0.1, 0.15) is 10.8 Å². The number of anilines is 1. The Morgan fingerprint density at radius 1 is 1.50 bits per heavy atom. The zero-order valence-corrected chi connectivity index (χ0v) is 12.0. The first-order valence-electron chi connectivity index (χ1n) is 6.09. The topological polar surface area (TPSA) is 60.2 Å². The molecule has 0 bridgehead atoms. The highest BCUT2D eigenvalue weighted by molar-refractivity contribution is 7.80. The summed E-state index contributed by atoms with van der Waals surface area (Å²) in [5, 5.41) is 3.20. The summed E-state index contributed by atoms with van der Waals surface area (Å²) >= 11 is 4.96. The van der Waals surface area contributed by atoms with Crippen LogP contribution in [0.5, 0.6) is 0 Å². The molecule has 4 nitrogen and oxygen atoms in total. The molecule has 5 heteroatoms. The molecule has 100 valence electrons. The molecule has 0 fully saturated rings. The second-order valence-corrected chi connectivity index (χ2v) is 5.08. The van der Waals surface area contributed by atoms with Crippen molar-refractivity contribution in [3.05, 3.63) is 23.4 Å². The van der Waals surface area contributed by atoms with Gasteiger partial charge in [-0.2, -0.15) is 0 Å². The number of aromatic nitrogens is 1. The van der Waals surface area contributed by atoms with Crippen LogP contribution in [0.4, 0.5) is 5.82 Å². The minimum Gasteiger partial charge on any atom is -0.389 e. The van der Waals surface area contributed by atoms with Gasteiger partial charge in [-0.15, -0.1) is 0 Å². The Morgan fingerprint density at radius 2 is 2.22 bits per heavy atom. The van der Waals surface area contributed by atoms with Gasteiger partial charge in [0.15, 0.2) is 0 Å². The van der Waals surface area contributed by atoms with Gasteiger partial charge in [-0.1, -0.05) is 26.1 Å². The number of rotatable bonds is 7. The molecule has 3 N–H and O–H groups in total. The fourth-order valence-electron chi connectivity index (χ4n) is 1.47. The predicted octanol–water partition coefficient (Wildman–Crippen LogP) is 2.11. The second-order valence-electron chi connectivity index (χ2n) is 4.64. The van der Waals surface area contributed by atoms with Crippen LogP contribution in [0.15, 0.2) is 12.1 Å². The fraction of sp³-hybridized carbons (Fsp3) is 0.538. The SMILES string of the molecule is Cc1cc(C(N)=S)cc(NCCOCC(C)C)n1. The Labute approximate surface area is 114 Å². The van der Waals surface area contributed by atoms with Crippen LogP contribution in [0.1, 0.15) is 25.1 Å². The zero-order chi connectivity index (χ0) is 13.5. The van der Waals surface area contributed by atoms with E-state index < -0.39 is 0 Å². The summed E-state index contributed by atoms with van der Waals surface area (Å²) in [6.07, 6.45) is 0. The van der Waals surface area contributed by atoms with Gasteiger partial charge in [0.2, 0.25) is 0 Å². The minimum atomic E-state index is 0.389. The lowest BCUT2D eigenvalue weighted by molar-refractivity contribution is 0.118. The van der Waals surface area contributed by atoms with Gasteiger partial charge in [-0.3, -0.25) is 0 Å². The summed E-state index contributed by atoms with van der Waals surface area (Å²) in [5.41, 5.74) is 7.34. The standard InChI is InChI=1S/C13H21N3OS/c1-9(2)8-17-5-4-15-12-7-11(13(14)18)6-10(3)16-12/h6-7,9H,4-5,8H2,1-3H3,(H2,14,18)(H,15,16). The normalized spacial score (nSPS) is 10.7. The molecule has 0 amide bonds. The van der Waals surface area contributed by atoms with Crippen LogP contribution in [0, 0.1) is 12.8 Å². The Bertz CT molecular complexity index is 407. The summed E-state index contributed by atoms with van der Waals surface area (Å²) in [7, 11) is 0. The molecule has 1 heterocycles. The molecule has 0 aliphatic carbocycles.